The Kier molecular flexibility index (Phi) is 10.7. The molecule has 3 heteroatoms. The molecule has 1 heterocycles. The van der Waals surface area contributed by atoms with Crippen molar-refractivity contribution >= 4 is 5.71 Å². The Morgan fingerprint density at radius 2 is 1.80 bits per heavy atom. The number of hydrogen-bond donors (Lipinski definition) is 1. The molecule has 1 aliphatic heterocycles. The van der Waals surface area contributed by atoms with Gasteiger partial charge in [-0.25, -0.2) is 0 Å². The average molecular weight is 282 g/mol. The van der Waals surface area contributed by atoms with Gasteiger partial charge in [-0.3, -0.25) is 9.89 Å². The molecule has 0 radical (unpaired) electrons. The van der Waals surface area contributed by atoms with Crippen LogP contribution in [0, 0.1) is 11.8 Å². The molecule has 0 aliphatic carbocycles. The van der Waals surface area contributed by atoms with Gasteiger partial charge in [0.25, 0.3) is 0 Å². The van der Waals surface area contributed by atoms with Gasteiger partial charge in [-0.05, 0) is 57.2 Å². The Morgan fingerprint density at radius 1 is 1.25 bits per heavy atom. The largest absolute Gasteiger partial charge is 0.396 e. The van der Waals surface area contributed by atoms with E-state index in [-0.39, 0.29) is 0 Å². The first-order chi connectivity index (χ1) is 9.52. The van der Waals surface area contributed by atoms with Gasteiger partial charge >= 0.3 is 0 Å². The Bertz CT molecular complexity index is 300. The molecule has 1 N–H and O–H groups in total. The van der Waals surface area contributed by atoms with Gasteiger partial charge in [-0.15, -0.1) is 0 Å². The van der Waals surface area contributed by atoms with Gasteiger partial charge in [-0.2, -0.15) is 0 Å². The minimum Gasteiger partial charge on any atom is -0.396 e. The van der Waals surface area contributed by atoms with Crippen molar-refractivity contribution < 1.29 is 5.11 Å². The van der Waals surface area contributed by atoms with Crippen molar-refractivity contribution in [1.82, 2.24) is 4.90 Å². The Balaban J connectivity index is 0.00000172. The highest BCUT2D eigenvalue weighted by Crippen LogP contribution is 2.17. The van der Waals surface area contributed by atoms with Crippen molar-refractivity contribution in [2.75, 3.05) is 26.2 Å². The van der Waals surface area contributed by atoms with Gasteiger partial charge in [0, 0.05) is 25.1 Å². The second kappa shape index (κ2) is 11.0. The lowest BCUT2D eigenvalue weighted by molar-refractivity contribution is 0.138. The maximum atomic E-state index is 9.11. The quantitative estimate of drug-likeness (QED) is 0.780. The van der Waals surface area contributed by atoms with Crippen molar-refractivity contribution in [3.8, 4) is 0 Å². The van der Waals surface area contributed by atoms with E-state index in [0.29, 0.717) is 18.4 Å². The van der Waals surface area contributed by atoms with Crippen LogP contribution in [0.1, 0.15) is 54.4 Å². The molecule has 0 saturated carbocycles. The molecule has 0 aromatic heterocycles. The number of hydrogen-bond acceptors (Lipinski definition) is 3. The van der Waals surface area contributed by atoms with E-state index in [9.17, 15) is 0 Å². The molecule has 1 rings (SSSR count). The minimum absolute atomic E-state index is 0.348. The first-order valence-corrected chi connectivity index (χ1v) is 8.06. The molecular weight excluding hydrogens is 248 g/mol. The Hall–Kier alpha value is -0.670. The molecule has 0 atom stereocenters. The van der Waals surface area contributed by atoms with Crippen LogP contribution in [0.5, 0.6) is 0 Å². The number of aliphatic hydroxyl groups excluding tert-OH is 1. The summed E-state index contributed by atoms with van der Waals surface area (Å²) >= 11 is 0. The molecule has 20 heavy (non-hydrogen) atoms. The highest BCUT2D eigenvalue weighted by atomic mass is 16.3. The van der Waals surface area contributed by atoms with Crippen LogP contribution in [0.3, 0.4) is 0 Å². The third-order valence-corrected chi connectivity index (χ3v) is 3.76. The van der Waals surface area contributed by atoms with E-state index in [2.05, 4.69) is 37.6 Å². The lowest BCUT2D eigenvalue weighted by atomic mass is 9.98. The predicted molar refractivity (Wildman–Crippen MR) is 89.3 cm³/mol. The second-order valence-electron chi connectivity index (χ2n) is 5.80. The summed E-state index contributed by atoms with van der Waals surface area (Å²) in [6.45, 7) is 16.1. The smallest absolute Gasteiger partial charge is 0.0460 e. The maximum Gasteiger partial charge on any atom is 0.0460 e. The van der Waals surface area contributed by atoms with Crippen LogP contribution in [0.4, 0.5) is 0 Å². The minimum atomic E-state index is 0.348. The molecule has 1 fully saturated rings. The standard InChI is InChI=1S/C15H28N2O.C2H6/c1-12(2)14(4)16-9-13(3)10-17-7-5-15(11-18)6-8-17;1-2/h9,12,15,18H,5-8,10-11H2,1-4H3;1-2H3/b13-9+,16-14?;. The number of aliphatic hydroxyl groups is 1. The summed E-state index contributed by atoms with van der Waals surface area (Å²) in [5.41, 5.74) is 2.51. The lowest BCUT2D eigenvalue weighted by Gasteiger charge is -2.31. The normalized spacial score (nSPS) is 19.0. The molecule has 3 nitrogen and oxygen atoms in total. The third-order valence-electron chi connectivity index (χ3n) is 3.76. The van der Waals surface area contributed by atoms with Gasteiger partial charge in [0.1, 0.15) is 0 Å². The molecule has 0 aromatic carbocycles. The lowest BCUT2D eigenvalue weighted by Crippen LogP contribution is -2.35. The van der Waals surface area contributed by atoms with Crippen LogP contribution in [0.15, 0.2) is 16.8 Å². The molecule has 0 aromatic rings. The predicted octanol–water partition coefficient (Wildman–Crippen LogP) is 3.74. The summed E-state index contributed by atoms with van der Waals surface area (Å²) in [6.07, 6.45) is 4.25. The van der Waals surface area contributed by atoms with E-state index in [1.54, 1.807) is 0 Å². The molecular formula is C17H34N2O. The first kappa shape index (κ1) is 19.3. The summed E-state index contributed by atoms with van der Waals surface area (Å²) in [7, 11) is 0. The second-order valence-corrected chi connectivity index (χ2v) is 5.80. The van der Waals surface area contributed by atoms with Crippen molar-refractivity contribution in [3.05, 3.63) is 11.8 Å². The van der Waals surface area contributed by atoms with Crippen molar-refractivity contribution in [1.29, 1.82) is 0 Å². The van der Waals surface area contributed by atoms with Crippen LogP contribution in [-0.4, -0.2) is 42.0 Å². The zero-order valence-corrected chi connectivity index (χ0v) is 14.3. The molecule has 0 bridgehead atoms. The van der Waals surface area contributed by atoms with Crippen LogP contribution < -0.4 is 0 Å². The van der Waals surface area contributed by atoms with Crippen LogP contribution in [0.25, 0.3) is 0 Å². The van der Waals surface area contributed by atoms with Gasteiger partial charge < -0.3 is 5.11 Å². The first-order valence-electron chi connectivity index (χ1n) is 8.06. The van der Waals surface area contributed by atoms with Gasteiger partial charge in [0.2, 0.25) is 0 Å². The molecule has 0 amide bonds. The SMILES string of the molecule is CC.CC(=N/C=C(\C)CN1CCC(CO)CC1)C(C)C. The van der Waals surface area contributed by atoms with Gasteiger partial charge in [0.15, 0.2) is 0 Å². The highest BCUT2D eigenvalue weighted by molar-refractivity contribution is 5.84. The van der Waals surface area contributed by atoms with Gasteiger partial charge in [0.05, 0.1) is 0 Å². The van der Waals surface area contributed by atoms with Crippen LogP contribution >= 0.6 is 0 Å². The zero-order chi connectivity index (χ0) is 15.5. The molecule has 1 aliphatic rings. The Morgan fingerprint density at radius 3 is 2.25 bits per heavy atom. The van der Waals surface area contributed by atoms with E-state index >= 15 is 0 Å². The number of piperidine rings is 1. The monoisotopic (exact) mass is 282 g/mol. The summed E-state index contributed by atoms with van der Waals surface area (Å²) in [6, 6.07) is 0. The van der Waals surface area contributed by atoms with E-state index in [0.717, 1.165) is 32.5 Å². The summed E-state index contributed by atoms with van der Waals surface area (Å²) in [5, 5.41) is 9.11. The molecule has 0 spiro atoms. The number of rotatable bonds is 5. The summed E-state index contributed by atoms with van der Waals surface area (Å²) in [5.74, 6) is 1.04. The fraction of sp³-hybridized carbons (Fsp3) is 0.824. The summed E-state index contributed by atoms with van der Waals surface area (Å²) < 4.78 is 0. The molecule has 0 unspecified atom stereocenters. The maximum absolute atomic E-state index is 9.11. The topological polar surface area (TPSA) is 35.8 Å². The number of likely N-dealkylation sites (tertiary alicyclic amines) is 1. The van der Waals surface area contributed by atoms with Crippen molar-refractivity contribution in [2.24, 2.45) is 16.8 Å². The van der Waals surface area contributed by atoms with Crippen LogP contribution in [-0.2, 0) is 0 Å². The van der Waals surface area contributed by atoms with E-state index in [4.69, 9.17) is 5.11 Å². The number of nitrogens with zero attached hydrogens (tertiary/aromatic N) is 2. The highest BCUT2D eigenvalue weighted by Gasteiger charge is 2.18. The summed E-state index contributed by atoms with van der Waals surface area (Å²) in [4.78, 5) is 6.96. The van der Waals surface area contributed by atoms with Crippen molar-refractivity contribution in [2.45, 2.75) is 54.4 Å². The van der Waals surface area contributed by atoms with E-state index in [1.165, 1.54) is 11.3 Å². The number of aliphatic imine (C=N–C) groups is 1. The third kappa shape index (κ3) is 7.81. The molecule has 118 valence electrons. The van der Waals surface area contributed by atoms with Gasteiger partial charge in [-0.1, -0.05) is 27.7 Å². The van der Waals surface area contributed by atoms with E-state index < -0.39 is 0 Å². The fourth-order valence-electron chi connectivity index (χ4n) is 2.08. The average Bonchev–Trinajstić information content (AvgIpc) is 2.47. The Labute approximate surface area is 125 Å². The van der Waals surface area contributed by atoms with E-state index in [1.807, 2.05) is 20.0 Å². The fourth-order valence-corrected chi connectivity index (χ4v) is 2.08. The van der Waals surface area contributed by atoms with Crippen LogP contribution in [0.2, 0.25) is 0 Å². The molecule has 1 saturated heterocycles. The van der Waals surface area contributed by atoms with Crippen molar-refractivity contribution in [3.63, 3.8) is 0 Å². The zero-order valence-electron chi connectivity index (χ0n) is 14.3.